The van der Waals surface area contributed by atoms with Gasteiger partial charge in [-0.2, -0.15) is 5.10 Å². The molecule has 2 amide bonds. The van der Waals surface area contributed by atoms with E-state index in [0.717, 1.165) is 29.2 Å². The molecule has 0 aliphatic heterocycles. The van der Waals surface area contributed by atoms with Crippen LogP contribution in [0.2, 0.25) is 0 Å². The SMILES string of the molecule is CCCN(Cc1nccn1C)C(=O)NCc1c(C)n[nH]c1C. The first-order valence-electron chi connectivity index (χ1n) is 7.52. The molecule has 0 bridgehead atoms. The smallest absolute Gasteiger partial charge is 0.318 e. The van der Waals surface area contributed by atoms with Crippen LogP contribution in [0, 0.1) is 13.8 Å². The zero-order valence-corrected chi connectivity index (χ0v) is 13.7. The van der Waals surface area contributed by atoms with Gasteiger partial charge in [0.2, 0.25) is 0 Å². The van der Waals surface area contributed by atoms with E-state index in [1.165, 1.54) is 0 Å². The van der Waals surface area contributed by atoms with E-state index in [1.807, 2.05) is 31.7 Å². The van der Waals surface area contributed by atoms with Crippen LogP contribution in [0.3, 0.4) is 0 Å². The van der Waals surface area contributed by atoms with Crippen molar-refractivity contribution in [3.05, 3.63) is 35.2 Å². The van der Waals surface area contributed by atoms with E-state index in [1.54, 1.807) is 11.1 Å². The first-order chi connectivity index (χ1) is 10.5. The Labute approximate surface area is 130 Å². The molecule has 0 aliphatic carbocycles. The van der Waals surface area contributed by atoms with E-state index in [2.05, 4.69) is 27.4 Å². The molecule has 2 rings (SSSR count). The number of carbonyl (C=O) groups excluding carboxylic acids is 1. The molecule has 2 N–H and O–H groups in total. The highest BCUT2D eigenvalue weighted by Crippen LogP contribution is 2.09. The average Bonchev–Trinajstić information content (AvgIpc) is 3.03. The molecule has 120 valence electrons. The number of H-pyrrole nitrogens is 1. The summed E-state index contributed by atoms with van der Waals surface area (Å²) >= 11 is 0. The quantitative estimate of drug-likeness (QED) is 0.855. The lowest BCUT2D eigenvalue weighted by Gasteiger charge is -2.22. The van der Waals surface area contributed by atoms with Crippen LogP contribution in [0.1, 0.15) is 36.1 Å². The Morgan fingerprint density at radius 2 is 2.23 bits per heavy atom. The van der Waals surface area contributed by atoms with Crippen molar-refractivity contribution in [3.63, 3.8) is 0 Å². The van der Waals surface area contributed by atoms with Crippen molar-refractivity contribution in [3.8, 4) is 0 Å². The number of rotatable bonds is 6. The highest BCUT2D eigenvalue weighted by Gasteiger charge is 2.16. The number of hydrogen-bond acceptors (Lipinski definition) is 3. The van der Waals surface area contributed by atoms with Gasteiger partial charge in [-0.25, -0.2) is 9.78 Å². The number of imidazole rings is 1. The maximum Gasteiger partial charge on any atom is 0.318 e. The van der Waals surface area contributed by atoms with Gasteiger partial charge in [-0.15, -0.1) is 0 Å². The summed E-state index contributed by atoms with van der Waals surface area (Å²) in [6.07, 6.45) is 4.53. The summed E-state index contributed by atoms with van der Waals surface area (Å²) in [4.78, 5) is 18.5. The molecule has 22 heavy (non-hydrogen) atoms. The standard InChI is InChI=1S/C15H24N6O/c1-5-7-21(10-14-16-6-8-20(14)4)15(22)17-9-13-11(2)18-19-12(13)3/h6,8H,5,7,9-10H2,1-4H3,(H,17,22)(H,18,19). The van der Waals surface area contributed by atoms with Gasteiger partial charge in [0, 0.05) is 43.8 Å². The number of nitrogens with zero attached hydrogens (tertiary/aromatic N) is 4. The first-order valence-corrected chi connectivity index (χ1v) is 7.52. The largest absolute Gasteiger partial charge is 0.337 e. The fraction of sp³-hybridized carbons (Fsp3) is 0.533. The number of aryl methyl sites for hydroxylation is 3. The number of hydrogen-bond donors (Lipinski definition) is 2. The van der Waals surface area contributed by atoms with E-state index >= 15 is 0 Å². The minimum atomic E-state index is -0.0788. The maximum absolute atomic E-state index is 12.4. The molecule has 0 fully saturated rings. The van der Waals surface area contributed by atoms with E-state index in [0.29, 0.717) is 19.6 Å². The van der Waals surface area contributed by atoms with Crippen molar-refractivity contribution in [2.24, 2.45) is 7.05 Å². The van der Waals surface area contributed by atoms with Crippen LogP contribution in [0.15, 0.2) is 12.4 Å². The van der Waals surface area contributed by atoms with Crippen molar-refractivity contribution in [1.82, 2.24) is 30.0 Å². The van der Waals surface area contributed by atoms with Crippen molar-refractivity contribution < 1.29 is 4.79 Å². The molecule has 0 unspecified atom stereocenters. The van der Waals surface area contributed by atoms with Gasteiger partial charge in [0.05, 0.1) is 12.2 Å². The zero-order valence-electron chi connectivity index (χ0n) is 13.7. The molecular formula is C15H24N6O. The first kappa shape index (κ1) is 16.1. The summed E-state index contributed by atoms with van der Waals surface area (Å²) in [5.41, 5.74) is 2.95. The lowest BCUT2D eigenvalue weighted by molar-refractivity contribution is 0.192. The summed E-state index contributed by atoms with van der Waals surface area (Å²) in [7, 11) is 1.93. The number of nitrogens with one attached hydrogen (secondary N) is 2. The Bertz CT molecular complexity index is 610. The summed E-state index contributed by atoms with van der Waals surface area (Å²) in [5, 5.41) is 10.0. The average molecular weight is 304 g/mol. The molecule has 0 atom stereocenters. The highest BCUT2D eigenvalue weighted by molar-refractivity contribution is 5.74. The van der Waals surface area contributed by atoms with Gasteiger partial charge in [0.25, 0.3) is 0 Å². The minimum absolute atomic E-state index is 0.0788. The zero-order chi connectivity index (χ0) is 16.1. The van der Waals surface area contributed by atoms with Gasteiger partial charge < -0.3 is 14.8 Å². The number of urea groups is 1. The van der Waals surface area contributed by atoms with Crippen LogP contribution in [-0.4, -0.2) is 37.2 Å². The molecular weight excluding hydrogens is 280 g/mol. The molecule has 0 saturated heterocycles. The van der Waals surface area contributed by atoms with Gasteiger partial charge in [0.1, 0.15) is 5.82 Å². The number of aromatic nitrogens is 4. The summed E-state index contributed by atoms with van der Waals surface area (Å²) in [6.45, 7) is 7.63. The molecule has 2 aromatic heterocycles. The molecule has 0 radical (unpaired) electrons. The second kappa shape index (κ2) is 7.11. The van der Waals surface area contributed by atoms with Crippen LogP contribution in [0.25, 0.3) is 0 Å². The Kier molecular flexibility index (Phi) is 5.19. The van der Waals surface area contributed by atoms with Crippen LogP contribution < -0.4 is 5.32 Å². The predicted octanol–water partition coefficient (Wildman–Crippen LogP) is 1.88. The van der Waals surface area contributed by atoms with E-state index in [9.17, 15) is 4.79 Å². The molecule has 2 aromatic rings. The Morgan fingerprint density at radius 3 is 2.77 bits per heavy atom. The highest BCUT2D eigenvalue weighted by atomic mass is 16.2. The topological polar surface area (TPSA) is 78.8 Å². The Hall–Kier alpha value is -2.31. The van der Waals surface area contributed by atoms with Gasteiger partial charge in [-0.1, -0.05) is 6.92 Å². The molecule has 7 nitrogen and oxygen atoms in total. The third-order valence-electron chi connectivity index (χ3n) is 3.73. The van der Waals surface area contributed by atoms with Crippen LogP contribution in [-0.2, 0) is 20.1 Å². The van der Waals surface area contributed by atoms with Gasteiger partial charge in [-0.3, -0.25) is 5.10 Å². The number of aromatic amines is 1. The summed E-state index contributed by atoms with van der Waals surface area (Å²) in [6, 6.07) is -0.0788. The molecule has 0 aliphatic rings. The normalized spacial score (nSPS) is 10.7. The summed E-state index contributed by atoms with van der Waals surface area (Å²) < 4.78 is 1.93. The summed E-state index contributed by atoms with van der Waals surface area (Å²) in [5.74, 6) is 0.874. The maximum atomic E-state index is 12.4. The van der Waals surface area contributed by atoms with Crippen LogP contribution in [0.5, 0.6) is 0 Å². The van der Waals surface area contributed by atoms with E-state index in [4.69, 9.17) is 0 Å². The molecule has 0 saturated carbocycles. The fourth-order valence-corrected chi connectivity index (χ4v) is 2.35. The van der Waals surface area contributed by atoms with E-state index in [-0.39, 0.29) is 6.03 Å². The van der Waals surface area contributed by atoms with Crippen molar-refractivity contribution in [1.29, 1.82) is 0 Å². The molecule has 2 heterocycles. The number of carbonyl (C=O) groups is 1. The Morgan fingerprint density at radius 1 is 1.45 bits per heavy atom. The predicted molar refractivity (Wildman–Crippen MR) is 84.2 cm³/mol. The lowest BCUT2D eigenvalue weighted by atomic mass is 10.2. The van der Waals surface area contributed by atoms with Crippen molar-refractivity contribution in [2.75, 3.05) is 6.54 Å². The molecule has 7 heteroatoms. The van der Waals surface area contributed by atoms with Gasteiger partial charge in [-0.05, 0) is 20.3 Å². The van der Waals surface area contributed by atoms with Gasteiger partial charge >= 0.3 is 6.03 Å². The van der Waals surface area contributed by atoms with E-state index < -0.39 is 0 Å². The third-order valence-corrected chi connectivity index (χ3v) is 3.73. The minimum Gasteiger partial charge on any atom is -0.337 e. The second-order valence-electron chi connectivity index (χ2n) is 5.45. The third kappa shape index (κ3) is 3.66. The molecule has 0 aromatic carbocycles. The van der Waals surface area contributed by atoms with Crippen molar-refractivity contribution >= 4 is 6.03 Å². The Balaban J connectivity index is 1.99. The monoisotopic (exact) mass is 304 g/mol. The fourth-order valence-electron chi connectivity index (χ4n) is 2.35. The van der Waals surface area contributed by atoms with Crippen LogP contribution in [0.4, 0.5) is 4.79 Å². The number of amides is 2. The van der Waals surface area contributed by atoms with Crippen molar-refractivity contribution in [2.45, 2.75) is 40.3 Å². The van der Waals surface area contributed by atoms with Gasteiger partial charge in [0.15, 0.2) is 0 Å². The lowest BCUT2D eigenvalue weighted by Crippen LogP contribution is -2.40. The molecule has 0 spiro atoms. The van der Waals surface area contributed by atoms with Crippen LogP contribution >= 0.6 is 0 Å². The second-order valence-corrected chi connectivity index (χ2v) is 5.45.